The topological polar surface area (TPSA) is 59.9 Å². The fraction of sp³-hybridized carbons (Fsp3) is 0.391. The Kier molecular flexibility index (Phi) is 5.72. The van der Waals surface area contributed by atoms with Gasteiger partial charge in [0, 0.05) is 30.7 Å². The lowest BCUT2D eigenvalue weighted by atomic mass is 9.83. The van der Waals surface area contributed by atoms with Gasteiger partial charge in [-0.05, 0) is 43.2 Å². The van der Waals surface area contributed by atoms with Crippen molar-refractivity contribution in [3.05, 3.63) is 53.6 Å². The third-order valence-corrected chi connectivity index (χ3v) is 5.43. The lowest BCUT2D eigenvalue weighted by Crippen LogP contribution is -2.26. The molecule has 0 spiro atoms. The average molecular weight is 378 g/mol. The molecule has 0 saturated heterocycles. The summed E-state index contributed by atoms with van der Waals surface area (Å²) in [5, 5.41) is 2.86. The molecule has 1 aliphatic carbocycles. The summed E-state index contributed by atoms with van der Waals surface area (Å²) in [7, 11) is 1.62. The van der Waals surface area contributed by atoms with Gasteiger partial charge in [-0.3, -0.25) is 4.79 Å². The second-order valence-electron chi connectivity index (χ2n) is 7.36. The molecule has 146 valence electrons. The first-order chi connectivity index (χ1) is 13.8. The van der Waals surface area contributed by atoms with Crippen LogP contribution in [-0.2, 0) is 4.74 Å². The van der Waals surface area contributed by atoms with Crippen LogP contribution in [-0.4, -0.2) is 31.9 Å². The molecule has 1 saturated carbocycles. The van der Waals surface area contributed by atoms with E-state index in [9.17, 15) is 4.79 Å². The van der Waals surface area contributed by atoms with Crippen molar-refractivity contribution < 1.29 is 14.3 Å². The summed E-state index contributed by atoms with van der Waals surface area (Å²) in [6.45, 7) is 0.962. The van der Waals surface area contributed by atoms with Gasteiger partial charge in [0.1, 0.15) is 11.4 Å². The first-order valence-corrected chi connectivity index (χ1v) is 10.0. The summed E-state index contributed by atoms with van der Waals surface area (Å²) >= 11 is 0. The molecule has 0 unspecified atom stereocenters. The molecule has 2 aromatic rings. The van der Waals surface area contributed by atoms with E-state index in [-0.39, 0.29) is 5.91 Å². The number of hydrogen-bond acceptors (Lipinski definition) is 4. The van der Waals surface area contributed by atoms with Crippen molar-refractivity contribution in [2.75, 3.05) is 20.3 Å². The van der Waals surface area contributed by atoms with Crippen LogP contribution in [0.5, 0.6) is 11.5 Å². The SMILES string of the molecule is COCCNC(=O)c1ccc2c(c1)N=C(C1CCCCC1)c1ccccc1O2. The van der Waals surface area contributed by atoms with Crippen LogP contribution in [0.25, 0.3) is 0 Å². The highest BCUT2D eigenvalue weighted by molar-refractivity contribution is 6.07. The average Bonchev–Trinajstić information content (AvgIpc) is 2.90. The van der Waals surface area contributed by atoms with Crippen LogP contribution in [0.2, 0.25) is 0 Å². The second kappa shape index (κ2) is 8.57. The van der Waals surface area contributed by atoms with E-state index in [1.165, 1.54) is 19.3 Å². The lowest BCUT2D eigenvalue weighted by molar-refractivity contribution is 0.0937. The molecule has 1 fully saturated rings. The van der Waals surface area contributed by atoms with E-state index in [1.54, 1.807) is 13.2 Å². The van der Waals surface area contributed by atoms with Crippen LogP contribution in [0.1, 0.15) is 48.0 Å². The van der Waals surface area contributed by atoms with Crippen LogP contribution in [0.4, 0.5) is 5.69 Å². The van der Waals surface area contributed by atoms with Gasteiger partial charge in [0.05, 0.1) is 12.3 Å². The van der Waals surface area contributed by atoms with Crippen molar-refractivity contribution in [3.63, 3.8) is 0 Å². The summed E-state index contributed by atoms with van der Waals surface area (Å²) in [5.74, 6) is 1.83. The van der Waals surface area contributed by atoms with Crippen LogP contribution >= 0.6 is 0 Å². The van der Waals surface area contributed by atoms with Gasteiger partial charge in [-0.15, -0.1) is 0 Å². The van der Waals surface area contributed by atoms with Gasteiger partial charge in [0.2, 0.25) is 0 Å². The third kappa shape index (κ3) is 3.94. The number of carbonyl (C=O) groups excluding carboxylic acids is 1. The number of hydrogen-bond donors (Lipinski definition) is 1. The fourth-order valence-electron chi connectivity index (χ4n) is 3.96. The number of nitrogens with zero attached hydrogens (tertiary/aromatic N) is 1. The monoisotopic (exact) mass is 378 g/mol. The summed E-state index contributed by atoms with van der Waals surface area (Å²) < 4.78 is 11.2. The molecule has 0 radical (unpaired) electrons. The smallest absolute Gasteiger partial charge is 0.251 e. The minimum absolute atomic E-state index is 0.129. The van der Waals surface area contributed by atoms with E-state index in [4.69, 9.17) is 14.5 Å². The van der Waals surface area contributed by atoms with Gasteiger partial charge in [0.15, 0.2) is 5.75 Å². The third-order valence-electron chi connectivity index (χ3n) is 5.43. The number of ether oxygens (including phenoxy) is 2. The Balaban J connectivity index is 1.70. The zero-order valence-corrected chi connectivity index (χ0v) is 16.2. The normalized spacial score (nSPS) is 16.2. The van der Waals surface area contributed by atoms with Crippen LogP contribution in [0.15, 0.2) is 47.5 Å². The molecule has 1 aliphatic heterocycles. The van der Waals surface area contributed by atoms with Crippen LogP contribution in [0.3, 0.4) is 0 Å². The van der Waals surface area contributed by atoms with Crippen molar-refractivity contribution in [3.8, 4) is 11.5 Å². The minimum atomic E-state index is -0.129. The molecule has 1 heterocycles. The quantitative estimate of drug-likeness (QED) is 0.755. The minimum Gasteiger partial charge on any atom is -0.454 e. The van der Waals surface area contributed by atoms with Crippen molar-refractivity contribution in [2.24, 2.45) is 10.9 Å². The largest absolute Gasteiger partial charge is 0.454 e. The molecule has 4 rings (SSSR count). The van der Waals surface area contributed by atoms with Crippen LogP contribution < -0.4 is 10.1 Å². The van der Waals surface area contributed by atoms with E-state index in [0.717, 1.165) is 35.6 Å². The van der Waals surface area contributed by atoms with E-state index < -0.39 is 0 Å². The van der Waals surface area contributed by atoms with Gasteiger partial charge in [-0.25, -0.2) is 4.99 Å². The molecule has 2 aliphatic rings. The molecule has 28 heavy (non-hydrogen) atoms. The number of para-hydroxylation sites is 1. The van der Waals surface area contributed by atoms with Crippen molar-refractivity contribution in [2.45, 2.75) is 32.1 Å². The number of fused-ring (bicyclic) bond motifs is 2. The molecular formula is C23H26N2O3. The molecule has 0 atom stereocenters. The molecule has 5 heteroatoms. The van der Waals surface area contributed by atoms with Gasteiger partial charge >= 0.3 is 0 Å². The zero-order chi connectivity index (χ0) is 19.3. The molecule has 1 amide bonds. The summed E-state index contributed by atoms with van der Waals surface area (Å²) in [4.78, 5) is 17.5. The Bertz CT molecular complexity index is 885. The van der Waals surface area contributed by atoms with Gasteiger partial charge < -0.3 is 14.8 Å². The molecule has 0 aromatic heterocycles. The predicted octanol–water partition coefficient (Wildman–Crippen LogP) is 4.87. The number of rotatable bonds is 5. The molecular weight excluding hydrogens is 352 g/mol. The van der Waals surface area contributed by atoms with Gasteiger partial charge in [-0.2, -0.15) is 0 Å². The number of benzene rings is 2. The second-order valence-corrected chi connectivity index (χ2v) is 7.36. The van der Waals surface area contributed by atoms with E-state index in [1.807, 2.05) is 30.3 Å². The number of carbonyl (C=O) groups is 1. The van der Waals surface area contributed by atoms with Gasteiger partial charge in [-0.1, -0.05) is 31.4 Å². The number of amides is 1. The van der Waals surface area contributed by atoms with E-state index in [2.05, 4.69) is 11.4 Å². The molecule has 5 nitrogen and oxygen atoms in total. The van der Waals surface area contributed by atoms with Crippen molar-refractivity contribution in [1.82, 2.24) is 5.32 Å². The van der Waals surface area contributed by atoms with E-state index in [0.29, 0.717) is 30.4 Å². The Morgan fingerprint density at radius 1 is 1.14 bits per heavy atom. The van der Waals surface area contributed by atoms with Gasteiger partial charge in [0.25, 0.3) is 5.91 Å². The fourth-order valence-corrected chi connectivity index (χ4v) is 3.96. The Hall–Kier alpha value is -2.66. The van der Waals surface area contributed by atoms with E-state index >= 15 is 0 Å². The highest BCUT2D eigenvalue weighted by Crippen LogP contribution is 2.41. The Labute approximate surface area is 165 Å². The standard InChI is InChI=1S/C23H26N2O3/c1-27-14-13-24-23(26)17-11-12-21-19(15-17)25-22(16-7-3-2-4-8-16)18-9-5-6-10-20(18)28-21/h5-6,9-12,15-16H,2-4,7-8,13-14H2,1H3,(H,24,26). The predicted molar refractivity (Wildman–Crippen MR) is 110 cm³/mol. The van der Waals surface area contributed by atoms with Crippen LogP contribution in [0, 0.1) is 5.92 Å². The van der Waals surface area contributed by atoms with Crippen molar-refractivity contribution in [1.29, 1.82) is 0 Å². The zero-order valence-electron chi connectivity index (χ0n) is 16.2. The highest BCUT2D eigenvalue weighted by atomic mass is 16.5. The summed E-state index contributed by atoms with van der Waals surface area (Å²) in [6, 6.07) is 13.5. The summed E-state index contributed by atoms with van der Waals surface area (Å²) in [6.07, 6.45) is 6.08. The first kappa shape index (κ1) is 18.7. The molecule has 1 N–H and O–H groups in total. The Morgan fingerprint density at radius 3 is 2.79 bits per heavy atom. The molecule has 0 bridgehead atoms. The van der Waals surface area contributed by atoms with Crippen molar-refractivity contribution >= 4 is 17.3 Å². The lowest BCUT2D eigenvalue weighted by Gasteiger charge is -2.23. The summed E-state index contributed by atoms with van der Waals surface area (Å²) in [5.41, 5.74) is 3.45. The maximum atomic E-state index is 12.4. The number of aliphatic imine (C=N–C) groups is 1. The number of methoxy groups -OCH3 is 1. The maximum absolute atomic E-state index is 12.4. The first-order valence-electron chi connectivity index (χ1n) is 10.0. The number of nitrogens with one attached hydrogen (secondary N) is 1. The Morgan fingerprint density at radius 2 is 1.96 bits per heavy atom. The maximum Gasteiger partial charge on any atom is 0.251 e. The molecule has 2 aromatic carbocycles. The highest BCUT2D eigenvalue weighted by Gasteiger charge is 2.26.